The van der Waals surface area contributed by atoms with Crippen LogP contribution in [0.15, 0.2) is 141 Å². The fourth-order valence-electron chi connectivity index (χ4n) is 7.24. The van der Waals surface area contributed by atoms with Crippen LogP contribution in [0.2, 0.25) is 0 Å². The Morgan fingerprint density at radius 3 is 1.72 bits per heavy atom. The molecule has 5 rings (SSSR count). The molecule has 0 aromatic heterocycles. The molecule has 0 bridgehead atoms. The van der Waals surface area contributed by atoms with Gasteiger partial charge < -0.3 is 24.8 Å². The number of rotatable bonds is 24. The first-order chi connectivity index (χ1) is 33.2. The highest BCUT2D eigenvalue weighted by Gasteiger charge is 2.25. The van der Waals surface area contributed by atoms with Crippen LogP contribution >= 0.6 is 0 Å². The van der Waals surface area contributed by atoms with Crippen LogP contribution in [0.3, 0.4) is 0 Å². The number of carbonyl (C=O) groups excluding carboxylic acids is 6. The van der Waals surface area contributed by atoms with E-state index in [4.69, 9.17) is 14.2 Å². The normalized spacial score (nSPS) is 11.3. The summed E-state index contributed by atoms with van der Waals surface area (Å²) in [5, 5.41) is 15.3. The summed E-state index contributed by atoms with van der Waals surface area (Å²) in [6.45, 7) is 18.3. The van der Waals surface area contributed by atoms with Crippen LogP contribution in [0.1, 0.15) is 94.6 Å². The Balaban J connectivity index is 1.22. The Hall–Kier alpha value is -8.43. The van der Waals surface area contributed by atoms with Crippen molar-refractivity contribution < 1.29 is 43.0 Å². The SMILES string of the molecule is C=CCOC(=O)c1ccc(NC(=O)c2ccc(NC(=O)c3ccc(CC(=O)C(CC#N)CC(=O)c4ccc(CC(=O)/C(C)=C/c5ccc(C)cc5)cc4)cc3)c(C)c2OCC=C)c(C)c1OCC=C. The molecule has 0 heterocycles. The lowest BCUT2D eigenvalue weighted by atomic mass is 9.89. The van der Waals surface area contributed by atoms with Crippen molar-refractivity contribution in [3.05, 3.63) is 196 Å². The second kappa shape index (κ2) is 24.9. The minimum absolute atomic E-state index is 0.00630. The van der Waals surface area contributed by atoms with Crippen molar-refractivity contribution in [3.8, 4) is 17.6 Å². The third-order valence-electron chi connectivity index (χ3n) is 11.2. The van der Waals surface area contributed by atoms with E-state index in [9.17, 15) is 34.0 Å². The van der Waals surface area contributed by atoms with Crippen molar-refractivity contribution in [2.24, 2.45) is 5.92 Å². The van der Waals surface area contributed by atoms with E-state index in [-0.39, 0.29) is 91.0 Å². The maximum absolute atomic E-state index is 13.8. The first-order valence-electron chi connectivity index (χ1n) is 22.2. The molecule has 0 spiro atoms. The largest absolute Gasteiger partial charge is 0.488 e. The quantitative estimate of drug-likeness (QED) is 0.0262. The Morgan fingerprint density at radius 2 is 1.16 bits per heavy atom. The average molecular weight is 926 g/mol. The van der Waals surface area contributed by atoms with Crippen LogP contribution in [-0.4, -0.2) is 55.0 Å². The summed E-state index contributed by atoms with van der Waals surface area (Å²) in [5.74, 6) is -2.65. The Bertz CT molecular complexity index is 2830. The molecular formula is C57H55N3O9. The number of nitriles is 1. The van der Waals surface area contributed by atoms with Crippen LogP contribution in [0.4, 0.5) is 11.4 Å². The molecule has 352 valence electrons. The Kier molecular flexibility index (Phi) is 18.6. The topological polar surface area (TPSA) is 178 Å². The van der Waals surface area contributed by atoms with Crippen molar-refractivity contribution in [3.63, 3.8) is 0 Å². The van der Waals surface area contributed by atoms with Gasteiger partial charge >= 0.3 is 5.97 Å². The summed E-state index contributed by atoms with van der Waals surface area (Å²) < 4.78 is 17.0. The van der Waals surface area contributed by atoms with E-state index < -0.39 is 23.7 Å². The number of esters is 1. The van der Waals surface area contributed by atoms with Crippen LogP contribution < -0.4 is 20.1 Å². The Morgan fingerprint density at radius 1 is 0.638 bits per heavy atom. The lowest BCUT2D eigenvalue weighted by Crippen LogP contribution is -2.20. The number of Topliss-reactive ketones (excluding diaryl/α,β-unsaturated/α-hetero) is 3. The first-order valence-corrected chi connectivity index (χ1v) is 22.2. The van der Waals surface area contributed by atoms with Crippen molar-refractivity contribution >= 4 is 52.6 Å². The number of nitrogens with one attached hydrogen (secondary N) is 2. The number of aryl methyl sites for hydroxylation is 1. The molecule has 0 aliphatic rings. The molecule has 69 heavy (non-hydrogen) atoms. The van der Waals surface area contributed by atoms with Crippen molar-refractivity contribution in [2.75, 3.05) is 30.5 Å². The molecule has 2 amide bonds. The zero-order chi connectivity index (χ0) is 50.0. The first kappa shape index (κ1) is 51.6. The van der Waals surface area contributed by atoms with Gasteiger partial charge in [-0.1, -0.05) is 104 Å². The van der Waals surface area contributed by atoms with Crippen molar-refractivity contribution in [1.29, 1.82) is 5.26 Å². The lowest BCUT2D eigenvalue weighted by Gasteiger charge is -2.19. The van der Waals surface area contributed by atoms with E-state index in [1.807, 2.05) is 43.3 Å². The van der Waals surface area contributed by atoms with Gasteiger partial charge in [-0.25, -0.2) is 4.79 Å². The number of ketones is 3. The predicted molar refractivity (Wildman–Crippen MR) is 268 cm³/mol. The number of hydrogen-bond acceptors (Lipinski definition) is 10. The summed E-state index contributed by atoms with van der Waals surface area (Å²) in [5.41, 5.74) is 6.72. The van der Waals surface area contributed by atoms with Gasteiger partial charge in [-0.3, -0.25) is 24.0 Å². The summed E-state index contributed by atoms with van der Waals surface area (Å²) in [6, 6.07) is 29.2. The molecule has 1 atom stereocenters. The second-order valence-electron chi connectivity index (χ2n) is 16.3. The minimum Gasteiger partial charge on any atom is -0.488 e. The summed E-state index contributed by atoms with van der Waals surface area (Å²) in [6.07, 6.45) is 6.16. The highest BCUT2D eigenvalue weighted by molar-refractivity contribution is 6.09. The Labute approximate surface area is 403 Å². The van der Waals surface area contributed by atoms with Crippen LogP contribution in [-0.2, 0) is 27.2 Å². The monoisotopic (exact) mass is 925 g/mol. The van der Waals surface area contributed by atoms with Gasteiger partial charge in [-0.2, -0.15) is 5.26 Å². The highest BCUT2D eigenvalue weighted by atomic mass is 16.5. The smallest absolute Gasteiger partial charge is 0.342 e. The number of ether oxygens (including phenoxy) is 3. The number of anilines is 2. The molecule has 0 saturated carbocycles. The molecule has 0 aliphatic carbocycles. The van der Waals surface area contributed by atoms with Crippen LogP contribution in [0.25, 0.3) is 6.08 Å². The fraction of sp³-hybridized carbons (Fsp3) is 0.211. The van der Waals surface area contributed by atoms with Gasteiger partial charge in [0.1, 0.15) is 42.7 Å². The number of allylic oxidation sites excluding steroid dienone is 1. The summed E-state index contributed by atoms with van der Waals surface area (Å²) in [4.78, 5) is 79.8. The van der Waals surface area contributed by atoms with Crippen LogP contribution in [0, 0.1) is 38.0 Å². The van der Waals surface area contributed by atoms with Crippen molar-refractivity contribution in [2.45, 2.75) is 53.4 Å². The fourth-order valence-corrected chi connectivity index (χ4v) is 7.24. The van der Waals surface area contributed by atoms with E-state index >= 15 is 0 Å². The van der Waals surface area contributed by atoms with Gasteiger partial charge in [0, 0.05) is 65.2 Å². The third-order valence-corrected chi connectivity index (χ3v) is 11.2. The number of benzene rings is 5. The standard InChI is InChI=1S/C57H55N3O9/c1-8-29-67-53-38(6)48(25-23-46(53)56(65)60-49-26-24-47(57(66)69-31-10-3)54(39(49)7)68-30-9-2)59-55(64)44-21-17-42(18-22-44)34-51(62)45(27-28-58)35-52(63)43-19-15-41(16-20-43)33-50(61)37(5)32-40-13-11-36(4)12-14-40/h8-26,32,45H,1-3,27,29-31,33-35H2,4-7H3,(H,59,64)(H,60,65)/b37-32+. The molecular weight excluding hydrogens is 871 g/mol. The molecule has 0 saturated heterocycles. The second-order valence-corrected chi connectivity index (χ2v) is 16.3. The highest BCUT2D eigenvalue weighted by Crippen LogP contribution is 2.34. The lowest BCUT2D eigenvalue weighted by molar-refractivity contribution is -0.122. The summed E-state index contributed by atoms with van der Waals surface area (Å²) in [7, 11) is 0. The number of hydrogen-bond donors (Lipinski definition) is 2. The van der Waals surface area contributed by atoms with Crippen molar-refractivity contribution in [1.82, 2.24) is 0 Å². The number of nitrogens with zero attached hydrogens (tertiary/aromatic N) is 1. The molecule has 0 aliphatic heterocycles. The number of carbonyl (C=O) groups is 6. The van der Waals surface area contributed by atoms with Gasteiger partial charge in [0.05, 0.1) is 11.6 Å². The van der Waals surface area contributed by atoms with E-state index in [1.54, 1.807) is 81.4 Å². The van der Waals surface area contributed by atoms with Gasteiger partial charge in [0.15, 0.2) is 11.6 Å². The zero-order valence-electron chi connectivity index (χ0n) is 39.3. The predicted octanol–water partition coefficient (Wildman–Crippen LogP) is 10.7. The van der Waals surface area contributed by atoms with Gasteiger partial charge in [0.2, 0.25) is 0 Å². The van der Waals surface area contributed by atoms with Gasteiger partial charge in [-0.15, -0.1) is 0 Å². The van der Waals surface area contributed by atoms with E-state index in [0.717, 1.165) is 16.7 Å². The van der Waals surface area contributed by atoms with Gasteiger partial charge in [-0.05, 0) is 92.4 Å². The molecule has 2 N–H and O–H groups in total. The zero-order valence-corrected chi connectivity index (χ0v) is 39.3. The van der Waals surface area contributed by atoms with E-state index in [1.165, 1.54) is 30.4 Å². The molecule has 0 fully saturated rings. The van der Waals surface area contributed by atoms with E-state index in [0.29, 0.717) is 39.2 Å². The maximum atomic E-state index is 13.8. The molecule has 12 heteroatoms. The number of amides is 2. The molecule has 5 aromatic carbocycles. The molecule has 12 nitrogen and oxygen atoms in total. The molecule has 0 radical (unpaired) electrons. The van der Waals surface area contributed by atoms with E-state index in [2.05, 4.69) is 30.4 Å². The molecule has 1 unspecified atom stereocenters. The van der Waals surface area contributed by atoms with Gasteiger partial charge in [0.25, 0.3) is 11.8 Å². The maximum Gasteiger partial charge on any atom is 0.342 e. The van der Waals surface area contributed by atoms with Crippen LogP contribution in [0.5, 0.6) is 11.5 Å². The minimum atomic E-state index is -0.844. The third kappa shape index (κ3) is 14.0. The summed E-state index contributed by atoms with van der Waals surface area (Å²) >= 11 is 0. The average Bonchev–Trinajstić information content (AvgIpc) is 3.34. The molecule has 5 aromatic rings.